The maximum absolute atomic E-state index is 13.9. The molecule has 9 heteroatoms. The second kappa shape index (κ2) is 7.81. The average Bonchev–Trinajstić information content (AvgIpc) is 3.37. The quantitative estimate of drug-likeness (QED) is 0.676. The van der Waals surface area contributed by atoms with Crippen molar-refractivity contribution >= 4 is 28.2 Å². The number of aromatic nitrogens is 3. The van der Waals surface area contributed by atoms with Gasteiger partial charge in [-0.3, -0.25) is 19.4 Å². The molecule has 2 aromatic heterocycles. The first kappa shape index (κ1) is 20.3. The first-order valence-electron chi connectivity index (χ1n) is 10.6. The predicted octanol–water partition coefficient (Wildman–Crippen LogP) is 3.08. The Morgan fingerprint density at radius 3 is 2.72 bits per heavy atom. The number of alkyl halides is 1. The smallest absolute Gasteiger partial charge is 0.268 e. The van der Waals surface area contributed by atoms with Crippen molar-refractivity contribution in [2.75, 3.05) is 22.9 Å². The minimum Gasteiger partial charge on any atom is -0.471 e. The van der Waals surface area contributed by atoms with Gasteiger partial charge in [-0.05, 0) is 44.0 Å². The third-order valence-electron chi connectivity index (χ3n) is 6.13. The summed E-state index contributed by atoms with van der Waals surface area (Å²) in [6.07, 6.45) is 4.46. The standard InChI is InChI=1S/C23H25FN6O2/c1-14-9-15(3-6-26-14)23-30(21(13-32-23)22(25)31)20-10-16-12-27-28(2)18(16)11-19(20)29-7-4-17(24)5-8-29/h3,6,9-13,17,23H,4-5,7-8H2,1-2H3,(H2,25,31). The lowest BCUT2D eigenvalue weighted by Gasteiger charge is -2.36. The number of hydrogen-bond acceptors (Lipinski definition) is 6. The summed E-state index contributed by atoms with van der Waals surface area (Å²) < 4.78 is 21.6. The number of hydrogen-bond donors (Lipinski definition) is 1. The van der Waals surface area contributed by atoms with Gasteiger partial charge in [0.25, 0.3) is 5.91 Å². The van der Waals surface area contributed by atoms with E-state index in [0.717, 1.165) is 33.5 Å². The maximum atomic E-state index is 13.9. The van der Waals surface area contributed by atoms with E-state index in [-0.39, 0.29) is 5.70 Å². The largest absolute Gasteiger partial charge is 0.471 e. The SMILES string of the molecule is Cc1cc(C2OC=C(C(N)=O)N2c2cc3cnn(C)c3cc2N2CCC(F)CC2)ccn1. The Morgan fingerprint density at radius 2 is 2.00 bits per heavy atom. The first-order chi connectivity index (χ1) is 15.4. The summed E-state index contributed by atoms with van der Waals surface area (Å²) in [5.74, 6) is -0.585. The Bertz CT molecular complexity index is 1210. The molecule has 32 heavy (non-hydrogen) atoms. The van der Waals surface area contributed by atoms with Gasteiger partial charge in [-0.1, -0.05) is 0 Å². The van der Waals surface area contributed by atoms with E-state index in [4.69, 9.17) is 10.5 Å². The number of amides is 1. The number of benzene rings is 1. The van der Waals surface area contributed by atoms with E-state index < -0.39 is 18.3 Å². The van der Waals surface area contributed by atoms with Crippen molar-refractivity contribution in [1.29, 1.82) is 0 Å². The van der Waals surface area contributed by atoms with Crippen LogP contribution in [0.4, 0.5) is 15.8 Å². The molecule has 1 atom stereocenters. The molecule has 4 heterocycles. The molecule has 1 saturated heterocycles. The molecule has 8 nitrogen and oxygen atoms in total. The van der Waals surface area contributed by atoms with Crippen LogP contribution in [0.5, 0.6) is 0 Å². The van der Waals surface area contributed by atoms with Gasteiger partial charge in [-0.25, -0.2) is 4.39 Å². The molecular weight excluding hydrogens is 411 g/mol. The second-order valence-corrected chi connectivity index (χ2v) is 8.29. The summed E-state index contributed by atoms with van der Waals surface area (Å²) >= 11 is 0. The fourth-order valence-corrected chi connectivity index (χ4v) is 4.47. The van der Waals surface area contributed by atoms with Crippen LogP contribution in [-0.4, -0.2) is 39.9 Å². The molecular formula is C23H25FN6O2. The number of carbonyl (C=O) groups excluding carboxylic acids is 1. The van der Waals surface area contributed by atoms with Gasteiger partial charge in [0.15, 0.2) is 0 Å². The summed E-state index contributed by atoms with van der Waals surface area (Å²) in [6.45, 7) is 3.07. The zero-order valence-corrected chi connectivity index (χ0v) is 18.0. The third kappa shape index (κ3) is 3.43. The number of fused-ring (bicyclic) bond motifs is 1. The summed E-state index contributed by atoms with van der Waals surface area (Å²) in [5.41, 5.74) is 10.3. The lowest BCUT2D eigenvalue weighted by molar-refractivity contribution is -0.114. The van der Waals surface area contributed by atoms with Gasteiger partial charge < -0.3 is 15.4 Å². The Balaban J connectivity index is 1.68. The third-order valence-corrected chi connectivity index (χ3v) is 6.13. The maximum Gasteiger partial charge on any atom is 0.268 e. The number of piperidine rings is 1. The van der Waals surface area contributed by atoms with Gasteiger partial charge in [-0.15, -0.1) is 0 Å². The van der Waals surface area contributed by atoms with Crippen molar-refractivity contribution in [3.8, 4) is 0 Å². The fraction of sp³-hybridized carbons (Fsp3) is 0.348. The Hall–Kier alpha value is -3.62. The van der Waals surface area contributed by atoms with Gasteiger partial charge in [0.1, 0.15) is 18.1 Å². The molecule has 0 spiro atoms. The Morgan fingerprint density at radius 1 is 1.22 bits per heavy atom. The Labute approximate surface area is 185 Å². The van der Waals surface area contributed by atoms with Crippen molar-refractivity contribution < 1.29 is 13.9 Å². The van der Waals surface area contributed by atoms with Crippen LogP contribution >= 0.6 is 0 Å². The lowest BCUT2D eigenvalue weighted by atomic mass is 10.1. The van der Waals surface area contributed by atoms with Crippen LogP contribution in [0.3, 0.4) is 0 Å². The average molecular weight is 436 g/mol. The van der Waals surface area contributed by atoms with Crippen LogP contribution in [0, 0.1) is 6.92 Å². The van der Waals surface area contributed by atoms with Gasteiger partial charge in [-0.2, -0.15) is 5.10 Å². The number of halogens is 1. The van der Waals surface area contributed by atoms with Gasteiger partial charge >= 0.3 is 0 Å². The number of ether oxygens (including phenoxy) is 1. The zero-order chi connectivity index (χ0) is 22.4. The van der Waals surface area contributed by atoms with Crippen molar-refractivity contribution in [3.63, 3.8) is 0 Å². The van der Waals surface area contributed by atoms with Crippen LogP contribution in [0.1, 0.15) is 30.3 Å². The Kier molecular flexibility index (Phi) is 4.96. The number of nitrogens with two attached hydrogens (primary N) is 1. The number of nitrogens with zero attached hydrogens (tertiary/aromatic N) is 5. The number of rotatable bonds is 4. The van der Waals surface area contributed by atoms with Crippen LogP contribution in [-0.2, 0) is 16.6 Å². The summed E-state index contributed by atoms with van der Waals surface area (Å²) in [5, 5.41) is 5.30. The number of pyridine rings is 1. The molecule has 166 valence electrons. The highest BCUT2D eigenvalue weighted by atomic mass is 19.1. The van der Waals surface area contributed by atoms with Crippen LogP contribution in [0.2, 0.25) is 0 Å². The first-order valence-corrected chi connectivity index (χ1v) is 10.6. The van der Waals surface area contributed by atoms with Gasteiger partial charge in [0, 0.05) is 43.0 Å². The molecule has 0 saturated carbocycles. The van der Waals surface area contributed by atoms with Crippen molar-refractivity contribution in [2.45, 2.75) is 32.2 Å². The molecule has 1 amide bonds. The van der Waals surface area contributed by atoms with Crippen molar-refractivity contribution in [1.82, 2.24) is 14.8 Å². The van der Waals surface area contributed by atoms with E-state index in [2.05, 4.69) is 15.0 Å². The van der Waals surface area contributed by atoms with Crippen LogP contribution in [0.25, 0.3) is 10.9 Å². The summed E-state index contributed by atoms with van der Waals surface area (Å²) in [4.78, 5) is 20.6. The highest BCUT2D eigenvalue weighted by molar-refractivity contribution is 6.00. The van der Waals surface area contributed by atoms with Gasteiger partial charge in [0.2, 0.25) is 6.23 Å². The molecule has 1 aromatic carbocycles. The molecule has 0 radical (unpaired) electrons. The lowest BCUT2D eigenvalue weighted by Crippen LogP contribution is -2.37. The summed E-state index contributed by atoms with van der Waals surface area (Å²) in [7, 11) is 1.88. The van der Waals surface area contributed by atoms with Crippen LogP contribution in [0.15, 0.2) is 48.6 Å². The van der Waals surface area contributed by atoms with E-state index in [1.807, 2.05) is 43.1 Å². The fourth-order valence-electron chi connectivity index (χ4n) is 4.47. The van der Waals surface area contributed by atoms with E-state index in [9.17, 15) is 9.18 Å². The van der Waals surface area contributed by atoms with E-state index in [1.54, 1.807) is 17.1 Å². The molecule has 2 aliphatic heterocycles. The molecule has 3 aromatic rings. The van der Waals surface area contributed by atoms with E-state index >= 15 is 0 Å². The molecule has 0 bridgehead atoms. The normalized spacial score (nSPS) is 19.3. The molecule has 2 aliphatic rings. The number of primary amides is 1. The predicted molar refractivity (Wildman–Crippen MR) is 120 cm³/mol. The molecule has 1 fully saturated rings. The number of carbonyl (C=O) groups is 1. The van der Waals surface area contributed by atoms with E-state index in [0.29, 0.717) is 25.9 Å². The number of aryl methyl sites for hydroxylation is 2. The van der Waals surface area contributed by atoms with Crippen molar-refractivity contribution in [2.24, 2.45) is 12.8 Å². The minimum atomic E-state index is -0.793. The molecule has 0 aliphatic carbocycles. The second-order valence-electron chi connectivity index (χ2n) is 8.29. The topological polar surface area (TPSA) is 89.5 Å². The minimum absolute atomic E-state index is 0.259. The van der Waals surface area contributed by atoms with E-state index in [1.165, 1.54) is 6.26 Å². The highest BCUT2D eigenvalue weighted by Crippen LogP contribution is 2.44. The summed E-state index contributed by atoms with van der Waals surface area (Å²) in [6, 6.07) is 7.82. The molecule has 1 unspecified atom stereocenters. The number of anilines is 2. The van der Waals surface area contributed by atoms with Crippen molar-refractivity contribution in [3.05, 3.63) is 59.9 Å². The molecule has 5 rings (SSSR count). The monoisotopic (exact) mass is 436 g/mol. The van der Waals surface area contributed by atoms with Gasteiger partial charge in [0.05, 0.1) is 23.1 Å². The molecule has 2 N–H and O–H groups in total. The zero-order valence-electron chi connectivity index (χ0n) is 18.0. The van der Waals surface area contributed by atoms with Crippen LogP contribution < -0.4 is 15.5 Å². The highest BCUT2D eigenvalue weighted by Gasteiger charge is 2.36.